The Kier molecular flexibility index (Phi) is 4.77. The highest BCUT2D eigenvalue weighted by Gasteiger charge is 2.25. The van der Waals surface area contributed by atoms with E-state index in [0.29, 0.717) is 5.92 Å². The third-order valence-corrected chi connectivity index (χ3v) is 4.07. The SMILES string of the molecule is CCC1CCC(Oc2cc(C(=O)O)ccc2[N+](=O)[O-])CC1. The van der Waals surface area contributed by atoms with Crippen LogP contribution in [0.2, 0.25) is 0 Å². The second-order valence-electron chi connectivity index (χ2n) is 5.41. The second-order valence-corrected chi connectivity index (χ2v) is 5.41. The summed E-state index contributed by atoms with van der Waals surface area (Å²) in [6, 6.07) is 3.66. The third kappa shape index (κ3) is 3.71. The van der Waals surface area contributed by atoms with Crippen LogP contribution >= 0.6 is 0 Å². The quantitative estimate of drug-likeness (QED) is 0.661. The average Bonchev–Trinajstić information content (AvgIpc) is 2.47. The molecule has 0 heterocycles. The van der Waals surface area contributed by atoms with Crippen molar-refractivity contribution in [3.05, 3.63) is 33.9 Å². The molecule has 6 heteroatoms. The summed E-state index contributed by atoms with van der Waals surface area (Å²) in [7, 11) is 0. The van der Waals surface area contributed by atoms with Crippen molar-refractivity contribution < 1.29 is 19.6 Å². The number of benzene rings is 1. The smallest absolute Gasteiger partial charge is 0.335 e. The lowest BCUT2D eigenvalue weighted by atomic mass is 9.86. The molecule has 0 unspecified atom stereocenters. The first-order valence-electron chi connectivity index (χ1n) is 7.19. The van der Waals surface area contributed by atoms with E-state index in [-0.39, 0.29) is 23.1 Å². The number of nitro benzene ring substituents is 1. The van der Waals surface area contributed by atoms with Gasteiger partial charge in [-0.2, -0.15) is 0 Å². The van der Waals surface area contributed by atoms with Crippen LogP contribution < -0.4 is 4.74 Å². The fourth-order valence-corrected chi connectivity index (χ4v) is 2.73. The van der Waals surface area contributed by atoms with Gasteiger partial charge in [0.05, 0.1) is 16.6 Å². The van der Waals surface area contributed by atoms with Crippen LogP contribution in [0.1, 0.15) is 49.4 Å². The summed E-state index contributed by atoms with van der Waals surface area (Å²) in [5.41, 5.74) is -0.185. The van der Waals surface area contributed by atoms with Gasteiger partial charge in [-0.1, -0.05) is 13.3 Å². The molecule has 2 rings (SSSR count). The van der Waals surface area contributed by atoms with Crippen LogP contribution in [-0.2, 0) is 0 Å². The molecule has 0 radical (unpaired) electrons. The predicted octanol–water partition coefficient (Wildman–Crippen LogP) is 3.64. The Morgan fingerprint density at radius 3 is 2.57 bits per heavy atom. The molecule has 1 saturated carbocycles. The van der Waals surface area contributed by atoms with Crippen molar-refractivity contribution >= 4 is 11.7 Å². The van der Waals surface area contributed by atoms with Crippen LogP contribution in [0, 0.1) is 16.0 Å². The number of carboxylic acid groups (broad SMARTS) is 1. The van der Waals surface area contributed by atoms with Crippen molar-refractivity contribution in [3.8, 4) is 5.75 Å². The van der Waals surface area contributed by atoms with E-state index in [1.165, 1.54) is 18.2 Å². The molecule has 0 atom stereocenters. The van der Waals surface area contributed by atoms with E-state index in [1.807, 2.05) is 0 Å². The van der Waals surface area contributed by atoms with Gasteiger partial charge in [0.25, 0.3) is 0 Å². The molecule has 0 saturated heterocycles. The van der Waals surface area contributed by atoms with Gasteiger partial charge in [0.1, 0.15) is 0 Å². The maximum absolute atomic E-state index is 11.0. The van der Waals surface area contributed by atoms with Crippen molar-refractivity contribution in [1.82, 2.24) is 0 Å². The molecule has 0 aromatic heterocycles. The number of carbonyl (C=O) groups is 1. The minimum absolute atomic E-state index is 0.00200. The van der Waals surface area contributed by atoms with Crippen LogP contribution in [0.3, 0.4) is 0 Å². The summed E-state index contributed by atoms with van der Waals surface area (Å²) >= 11 is 0. The van der Waals surface area contributed by atoms with Gasteiger partial charge in [-0.3, -0.25) is 10.1 Å². The summed E-state index contributed by atoms with van der Waals surface area (Å²) < 4.78 is 5.73. The number of nitrogens with zero attached hydrogens (tertiary/aromatic N) is 1. The highest BCUT2D eigenvalue weighted by Crippen LogP contribution is 2.33. The summed E-state index contributed by atoms with van der Waals surface area (Å²) in [5, 5.41) is 20.0. The molecule has 1 N–H and O–H groups in total. The van der Waals surface area contributed by atoms with E-state index >= 15 is 0 Å². The zero-order chi connectivity index (χ0) is 15.4. The molecule has 1 aromatic carbocycles. The number of hydrogen-bond acceptors (Lipinski definition) is 4. The van der Waals surface area contributed by atoms with E-state index < -0.39 is 10.9 Å². The molecule has 0 amide bonds. The van der Waals surface area contributed by atoms with Crippen molar-refractivity contribution in [2.24, 2.45) is 5.92 Å². The zero-order valence-corrected chi connectivity index (χ0v) is 11.9. The molecule has 1 aliphatic carbocycles. The van der Waals surface area contributed by atoms with Crippen molar-refractivity contribution in [3.63, 3.8) is 0 Å². The molecule has 21 heavy (non-hydrogen) atoms. The van der Waals surface area contributed by atoms with Gasteiger partial charge >= 0.3 is 11.7 Å². The Balaban J connectivity index is 2.15. The minimum atomic E-state index is -1.12. The molecule has 1 aromatic rings. The topological polar surface area (TPSA) is 89.7 Å². The molecule has 0 aliphatic heterocycles. The maximum Gasteiger partial charge on any atom is 0.335 e. The zero-order valence-electron chi connectivity index (χ0n) is 11.9. The molecule has 1 aliphatic rings. The number of aromatic carboxylic acids is 1. The first kappa shape index (κ1) is 15.3. The molecule has 0 bridgehead atoms. The van der Waals surface area contributed by atoms with Crippen molar-refractivity contribution in [1.29, 1.82) is 0 Å². The third-order valence-electron chi connectivity index (χ3n) is 4.07. The van der Waals surface area contributed by atoms with Gasteiger partial charge in [0.2, 0.25) is 0 Å². The van der Waals surface area contributed by atoms with Gasteiger partial charge in [-0.05, 0) is 37.7 Å². The highest BCUT2D eigenvalue weighted by molar-refractivity contribution is 5.88. The highest BCUT2D eigenvalue weighted by atomic mass is 16.6. The summed E-state index contributed by atoms with van der Waals surface area (Å²) in [5.74, 6) is -0.366. The van der Waals surface area contributed by atoms with Gasteiger partial charge in [0.15, 0.2) is 5.75 Å². The second kappa shape index (κ2) is 6.56. The van der Waals surface area contributed by atoms with Crippen molar-refractivity contribution in [2.45, 2.75) is 45.1 Å². The van der Waals surface area contributed by atoms with Crippen LogP contribution in [0.4, 0.5) is 5.69 Å². The Morgan fingerprint density at radius 2 is 2.05 bits per heavy atom. The lowest BCUT2D eigenvalue weighted by molar-refractivity contribution is -0.386. The average molecular weight is 293 g/mol. The Morgan fingerprint density at radius 1 is 1.38 bits per heavy atom. The normalized spacial score (nSPS) is 21.8. The molecule has 1 fully saturated rings. The van der Waals surface area contributed by atoms with E-state index in [1.54, 1.807) is 0 Å². The number of carboxylic acids is 1. The van der Waals surface area contributed by atoms with Gasteiger partial charge in [0, 0.05) is 12.1 Å². The monoisotopic (exact) mass is 293 g/mol. The maximum atomic E-state index is 11.0. The standard InChI is InChI=1S/C15H19NO5/c1-2-10-3-6-12(7-4-10)21-14-9-11(15(17)18)5-8-13(14)16(19)20/h5,8-10,12H,2-4,6-7H2,1H3,(H,17,18). The largest absolute Gasteiger partial charge is 0.483 e. The Labute approximate surface area is 122 Å². The van der Waals surface area contributed by atoms with E-state index in [4.69, 9.17) is 9.84 Å². The van der Waals surface area contributed by atoms with Crippen LogP contribution in [0.5, 0.6) is 5.75 Å². The van der Waals surface area contributed by atoms with Crippen LogP contribution in [0.25, 0.3) is 0 Å². The molecule has 6 nitrogen and oxygen atoms in total. The minimum Gasteiger partial charge on any atom is -0.483 e. The first-order valence-corrected chi connectivity index (χ1v) is 7.19. The van der Waals surface area contributed by atoms with Gasteiger partial charge in [-0.25, -0.2) is 4.79 Å². The van der Waals surface area contributed by atoms with E-state index in [9.17, 15) is 14.9 Å². The summed E-state index contributed by atoms with van der Waals surface area (Å²) in [6.45, 7) is 2.16. The van der Waals surface area contributed by atoms with Gasteiger partial charge < -0.3 is 9.84 Å². The fourth-order valence-electron chi connectivity index (χ4n) is 2.73. The van der Waals surface area contributed by atoms with Crippen LogP contribution in [-0.4, -0.2) is 22.1 Å². The Bertz CT molecular complexity index is 535. The molecule has 114 valence electrons. The number of rotatable bonds is 5. The van der Waals surface area contributed by atoms with Gasteiger partial charge in [-0.15, -0.1) is 0 Å². The first-order chi connectivity index (χ1) is 10.0. The van der Waals surface area contributed by atoms with Crippen molar-refractivity contribution in [2.75, 3.05) is 0 Å². The lowest BCUT2D eigenvalue weighted by Gasteiger charge is -2.28. The van der Waals surface area contributed by atoms with E-state index in [2.05, 4.69) is 6.92 Å². The lowest BCUT2D eigenvalue weighted by Crippen LogP contribution is -2.24. The molecular formula is C15H19NO5. The summed E-state index contributed by atoms with van der Waals surface area (Å²) in [6.07, 6.45) is 4.87. The Hall–Kier alpha value is -2.11. The molecule has 0 spiro atoms. The summed E-state index contributed by atoms with van der Waals surface area (Å²) in [4.78, 5) is 21.5. The number of ether oxygens (including phenoxy) is 1. The van der Waals surface area contributed by atoms with E-state index in [0.717, 1.165) is 32.1 Å². The predicted molar refractivity (Wildman–Crippen MR) is 76.7 cm³/mol. The number of hydrogen-bond donors (Lipinski definition) is 1. The van der Waals surface area contributed by atoms with Crippen LogP contribution in [0.15, 0.2) is 18.2 Å². The fraction of sp³-hybridized carbons (Fsp3) is 0.533. The number of nitro groups is 1. The molecular weight excluding hydrogens is 274 g/mol.